The third kappa shape index (κ3) is 4.99. The van der Waals surface area contributed by atoms with Crippen LogP contribution in [0, 0.1) is 6.92 Å². The van der Waals surface area contributed by atoms with Gasteiger partial charge in [0.25, 0.3) is 0 Å². The smallest absolute Gasteiger partial charge is 0.237 e. The lowest BCUT2D eigenvalue weighted by Gasteiger charge is -2.19. The zero-order chi connectivity index (χ0) is 15.5. The molecule has 0 fully saturated rings. The largest absolute Gasteiger partial charge is 0.437 e. The van der Waals surface area contributed by atoms with E-state index in [2.05, 4.69) is 36.1 Å². The summed E-state index contributed by atoms with van der Waals surface area (Å²) in [6.45, 7) is 8.95. The Bertz CT molecular complexity index is 606. The first-order valence-corrected chi connectivity index (χ1v) is 7.21. The van der Waals surface area contributed by atoms with E-state index in [1.54, 1.807) is 18.5 Å². The molecule has 2 rings (SSSR count). The molecule has 1 heterocycles. The Morgan fingerprint density at radius 2 is 1.95 bits per heavy atom. The zero-order valence-electron chi connectivity index (χ0n) is 12.8. The normalized spacial score (nSPS) is 11.5. The van der Waals surface area contributed by atoms with Crippen molar-refractivity contribution in [2.75, 3.05) is 0 Å². The number of halogens is 1. The number of hydrogen-bond acceptors (Lipinski definition) is 4. The molecule has 0 saturated carbocycles. The van der Waals surface area contributed by atoms with Gasteiger partial charge in [0.15, 0.2) is 0 Å². The lowest BCUT2D eigenvalue weighted by molar-refractivity contribution is 0.418. The fourth-order valence-electron chi connectivity index (χ4n) is 1.64. The van der Waals surface area contributed by atoms with Gasteiger partial charge in [0, 0.05) is 17.1 Å². The fraction of sp³-hybridized carbons (Fsp3) is 0.375. The highest BCUT2D eigenvalue weighted by Crippen LogP contribution is 2.24. The number of rotatable bonds is 4. The Balaban J connectivity index is 2.00. The minimum atomic E-state index is 0.0533. The van der Waals surface area contributed by atoms with Crippen molar-refractivity contribution in [2.24, 2.45) is 0 Å². The van der Waals surface area contributed by atoms with Crippen molar-refractivity contribution >= 4 is 11.6 Å². The highest BCUT2D eigenvalue weighted by atomic mass is 35.5. The van der Waals surface area contributed by atoms with Crippen molar-refractivity contribution in [3.63, 3.8) is 0 Å². The Morgan fingerprint density at radius 3 is 2.52 bits per heavy atom. The highest BCUT2D eigenvalue weighted by molar-refractivity contribution is 6.31. The molecule has 0 radical (unpaired) electrons. The van der Waals surface area contributed by atoms with Crippen LogP contribution in [0.5, 0.6) is 11.6 Å². The first kappa shape index (κ1) is 15.7. The average Bonchev–Trinajstić information content (AvgIpc) is 2.41. The van der Waals surface area contributed by atoms with Crippen molar-refractivity contribution in [1.29, 1.82) is 0 Å². The molecule has 0 aliphatic carbocycles. The molecule has 1 N–H and O–H groups in total. The highest BCUT2D eigenvalue weighted by Gasteiger charge is 2.09. The van der Waals surface area contributed by atoms with E-state index in [0.29, 0.717) is 18.2 Å². The number of aryl methyl sites for hydroxylation is 1. The van der Waals surface area contributed by atoms with E-state index in [9.17, 15) is 0 Å². The second-order valence-electron chi connectivity index (χ2n) is 5.96. The summed E-state index contributed by atoms with van der Waals surface area (Å²) < 4.78 is 5.66. The molecule has 5 heteroatoms. The summed E-state index contributed by atoms with van der Waals surface area (Å²) in [6, 6.07) is 5.49. The zero-order valence-corrected chi connectivity index (χ0v) is 13.5. The second kappa shape index (κ2) is 6.41. The van der Waals surface area contributed by atoms with E-state index in [-0.39, 0.29) is 5.54 Å². The van der Waals surface area contributed by atoms with Gasteiger partial charge in [-0.3, -0.25) is 4.98 Å². The van der Waals surface area contributed by atoms with Gasteiger partial charge in [0.2, 0.25) is 5.88 Å². The predicted octanol–water partition coefficient (Wildman–Crippen LogP) is 4.12. The first-order chi connectivity index (χ1) is 9.83. The third-order valence-corrected chi connectivity index (χ3v) is 3.26. The van der Waals surface area contributed by atoms with Crippen LogP contribution in [0.15, 0.2) is 30.6 Å². The van der Waals surface area contributed by atoms with Crippen LogP contribution < -0.4 is 10.1 Å². The third-order valence-electron chi connectivity index (χ3n) is 2.83. The average molecular weight is 306 g/mol. The van der Waals surface area contributed by atoms with E-state index in [4.69, 9.17) is 16.3 Å². The molecular formula is C16H20ClN3O. The number of aromatic nitrogens is 2. The van der Waals surface area contributed by atoms with Crippen LogP contribution in [-0.2, 0) is 6.54 Å². The maximum Gasteiger partial charge on any atom is 0.237 e. The maximum atomic E-state index is 5.99. The number of nitrogens with zero attached hydrogens (tertiary/aromatic N) is 2. The lowest BCUT2D eigenvalue weighted by Crippen LogP contribution is -2.35. The Kier molecular flexibility index (Phi) is 4.80. The number of benzene rings is 1. The molecule has 112 valence electrons. The molecule has 1 aromatic heterocycles. The minimum absolute atomic E-state index is 0.0533. The molecule has 0 spiro atoms. The van der Waals surface area contributed by atoms with E-state index in [0.717, 1.165) is 16.3 Å². The number of hydrogen-bond donors (Lipinski definition) is 1. The van der Waals surface area contributed by atoms with Gasteiger partial charge in [-0.1, -0.05) is 11.6 Å². The van der Waals surface area contributed by atoms with Crippen LogP contribution in [0.3, 0.4) is 0 Å². The molecule has 0 bridgehead atoms. The molecule has 0 amide bonds. The van der Waals surface area contributed by atoms with E-state index in [1.165, 1.54) is 0 Å². The Labute approximate surface area is 130 Å². The first-order valence-electron chi connectivity index (χ1n) is 6.83. The summed E-state index contributed by atoms with van der Waals surface area (Å²) in [7, 11) is 0. The van der Waals surface area contributed by atoms with Crippen LogP contribution in [-0.4, -0.2) is 15.5 Å². The van der Waals surface area contributed by atoms with Gasteiger partial charge in [0.05, 0.1) is 18.1 Å². The van der Waals surface area contributed by atoms with Gasteiger partial charge in [-0.25, -0.2) is 4.98 Å². The molecule has 0 atom stereocenters. The van der Waals surface area contributed by atoms with Crippen LogP contribution in [0.2, 0.25) is 5.02 Å². The fourth-order valence-corrected chi connectivity index (χ4v) is 1.76. The molecule has 0 aliphatic heterocycles. The minimum Gasteiger partial charge on any atom is -0.437 e. The van der Waals surface area contributed by atoms with Gasteiger partial charge >= 0.3 is 0 Å². The van der Waals surface area contributed by atoms with E-state index in [1.807, 2.05) is 19.1 Å². The molecule has 21 heavy (non-hydrogen) atoms. The van der Waals surface area contributed by atoms with Gasteiger partial charge in [-0.15, -0.1) is 0 Å². The maximum absolute atomic E-state index is 5.99. The van der Waals surface area contributed by atoms with Gasteiger partial charge in [0.1, 0.15) is 5.75 Å². The molecule has 4 nitrogen and oxygen atoms in total. The number of nitrogens with one attached hydrogen (secondary N) is 1. The van der Waals surface area contributed by atoms with Crippen molar-refractivity contribution in [3.05, 3.63) is 46.9 Å². The molecule has 2 aromatic rings. The van der Waals surface area contributed by atoms with Crippen LogP contribution in [0.25, 0.3) is 0 Å². The van der Waals surface area contributed by atoms with Crippen molar-refractivity contribution in [3.8, 4) is 11.6 Å². The summed E-state index contributed by atoms with van der Waals surface area (Å²) in [5.41, 5.74) is 1.90. The molecule has 0 saturated heterocycles. The molecule has 0 unspecified atom stereocenters. The van der Waals surface area contributed by atoms with E-state index >= 15 is 0 Å². The predicted molar refractivity (Wildman–Crippen MR) is 84.9 cm³/mol. The van der Waals surface area contributed by atoms with Crippen LogP contribution in [0.1, 0.15) is 32.0 Å². The van der Waals surface area contributed by atoms with Crippen LogP contribution >= 0.6 is 11.6 Å². The van der Waals surface area contributed by atoms with Crippen molar-refractivity contribution in [2.45, 2.75) is 39.8 Å². The standard InChI is InChI=1S/C16H20ClN3O/c1-11-7-13(5-6-14(11)17)21-15-10-18-12(8-19-15)9-20-16(2,3)4/h5-8,10,20H,9H2,1-4H3. The van der Waals surface area contributed by atoms with Crippen molar-refractivity contribution in [1.82, 2.24) is 15.3 Å². The van der Waals surface area contributed by atoms with Gasteiger partial charge in [-0.05, 0) is 51.5 Å². The Hall–Kier alpha value is -1.65. The summed E-state index contributed by atoms with van der Waals surface area (Å²) in [5, 5.41) is 4.08. The summed E-state index contributed by atoms with van der Waals surface area (Å²) in [4.78, 5) is 8.61. The van der Waals surface area contributed by atoms with Crippen LogP contribution in [0.4, 0.5) is 0 Å². The summed E-state index contributed by atoms with van der Waals surface area (Å²) in [6.07, 6.45) is 3.35. The SMILES string of the molecule is Cc1cc(Oc2cnc(CNC(C)(C)C)cn2)ccc1Cl. The molecule has 1 aromatic carbocycles. The number of ether oxygens (including phenoxy) is 1. The molecule has 0 aliphatic rings. The second-order valence-corrected chi connectivity index (χ2v) is 6.37. The summed E-state index contributed by atoms with van der Waals surface area (Å²) >= 11 is 5.99. The van der Waals surface area contributed by atoms with Crippen molar-refractivity contribution < 1.29 is 4.74 Å². The van der Waals surface area contributed by atoms with Gasteiger partial charge in [-0.2, -0.15) is 0 Å². The van der Waals surface area contributed by atoms with Gasteiger partial charge < -0.3 is 10.1 Å². The summed E-state index contributed by atoms with van der Waals surface area (Å²) in [5.74, 6) is 1.17. The monoisotopic (exact) mass is 305 g/mol. The van der Waals surface area contributed by atoms with E-state index < -0.39 is 0 Å². The topological polar surface area (TPSA) is 47.0 Å². The quantitative estimate of drug-likeness (QED) is 0.923. The lowest BCUT2D eigenvalue weighted by atomic mass is 10.1. The Morgan fingerprint density at radius 1 is 1.19 bits per heavy atom. The molecular weight excluding hydrogens is 286 g/mol.